The van der Waals surface area contributed by atoms with Gasteiger partial charge in [-0.1, -0.05) is 29.3 Å². The SMILES string of the molecule is Cc1ccc(NC(=S)Nc2ccc(S(=O)(=O)Nc3ccc(Cl)c(Cl)c3)cc2)cc1C. The van der Waals surface area contributed by atoms with Crippen LogP contribution in [0.3, 0.4) is 0 Å². The van der Waals surface area contributed by atoms with Gasteiger partial charge in [0.2, 0.25) is 0 Å². The molecule has 9 heteroatoms. The Bertz CT molecular complexity index is 1200. The van der Waals surface area contributed by atoms with E-state index in [1.165, 1.54) is 29.8 Å². The molecular weight excluding hydrogens is 461 g/mol. The smallest absolute Gasteiger partial charge is 0.261 e. The molecule has 3 N–H and O–H groups in total. The average Bonchev–Trinajstić information content (AvgIpc) is 2.68. The fourth-order valence-corrected chi connectivity index (χ4v) is 4.19. The van der Waals surface area contributed by atoms with Crippen molar-refractivity contribution in [3.8, 4) is 0 Å². The lowest BCUT2D eigenvalue weighted by atomic mass is 10.1. The third-order valence-electron chi connectivity index (χ3n) is 4.36. The topological polar surface area (TPSA) is 70.2 Å². The highest BCUT2D eigenvalue weighted by atomic mass is 35.5. The summed E-state index contributed by atoms with van der Waals surface area (Å²) in [5, 5.41) is 7.17. The van der Waals surface area contributed by atoms with Crippen LogP contribution in [-0.4, -0.2) is 13.5 Å². The molecule has 0 aliphatic heterocycles. The van der Waals surface area contributed by atoms with Gasteiger partial charge in [-0.3, -0.25) is 4.72 Å². The molecule has 0 saturated heterocycles. The van der Waals surface area contributed by atoms with E-state index in [0.717, 1.165) is 11.3 Å². The number of rotatable bonds is 5. The maximum absolute atomic E-state index is 12.6. The largest absolute Gasteiger partial charge is 0.332 e. The Hall–Kier alpha value is -2.32. The van der Waals surface area contributed by atoms with Crippen LogP contribution in [-0.2, 0) is 10.0 Å². The van der Waals surface area contributed by atoms with Gasteiger partial charge in [-0.05, 0) is 91.8 Å². The van der Waals surface area contributed by atoms with Crippen molar-refractivity contribution in [2.75, 3.05) is 15.4 Å². The van der Waals surface area contributed by atoms with Gasteiger partial charge >= 0.3 is 0 Å². The van der Waals surface area contributed by atoms with Gasteiger partial charge in [0.05, 0.1) is 20.6 Å². The molecule has 30 heavy (non-hydrogen) atoms. The van der Waals surface area contributed by atoms with E-state index in [0.29, 0.717) is 21.5 Å². The number of hydrogen-bond donors (Lipinski definition) is 3. The first-order valence-corrected chi connectivity index (χ1v) is 11.5. The lowest BCUT2D eigenvalue weighted by molar-refractivity contribution is 0.601. The summed E-state index contributed by atoms with van der Waals surface area (Å²) >= 11 is 17.1. The summed E-state index contributed by atoms with van der Waals surface area (Å²) in [4.78, 5) is 0.104. The predicted octanol–water partition coefficient (Wildman–Crippen LogP) is 6.22. The molecule has 156 valence electrons. The van der Waals surface area contributed by atoms with Gasteiger partial charge in [-0.2, -0.15) is 0 Å². The van der Waals surface area contributed by atoms with Crippen LogP contribution < -0.4 is 15.4 Å². The van der Waals surface area contributed by atoms with E-state index in [4.69, 9.17) is 35.4 Å². The summed E-state index contributed by atoms with van der Waals surface area (Å²) in [5.74, 6) is 0. The fraction of sp³-hybridized carbons (Fsp3) is 0.0952. The fourth-order valence-electron chi connectivity index (χ4n) is 2.60. The maximum Gasteiger partial charge on any atom is 0.261 e. The monoisotopic (exact) mass is 479 g/mol. The number of anilines is 3. The first-order valence-electron chi connectivity index (χ1n) is 8.87. The van der Waals surface area contributed by atoms with Crippen LogP contribution >= 0.6 is 35.4 Å². The molecule has 0 heterocycles. The highest BCUT2D eigenvalue weighted by Crippen LogP contribution is 2.26. The number of benzene rings is 3. The highest BCUT2D eigenvalue weighted by Gasteiger charge is 2.15. The van der Waals surface area contributed by atoms with Crippen molar-refractivity contribution in [2.24, 2.45) is 0 Å². The molecule has 0 amide bonds. The van der Waals surface area contributed by atoms with E-state index in [1.54, 1.807) is 18.2 Å². The quantitative estimate of drug-likeness (QED) is 0.378. The Morgan fingerprint density at radius 3 is 2.00 bits per heavy atom. The number of halogens is 2. The van der Waals surface area contributed by atoms with Crippen LogP contribution in [0.1, 0.15) is 11.1 Å². The van der Waals surface area contributed by atoms with E-state index >= 15 is 0 Å². The Morgan fingerprint density at radius 2 is 1.37 bits per heavy atom. The second-order valence-electron chi connectivity index (χ2n) is 6.64. The summed E-state index contributed by atoms with van der Waals surface area (Å²) in [6.45, 7) is 4.07. The van der Waals surface area contributed by atoms with Crippen LogP contribution in [0.2, 0.25) is 10.0 Å². The normalized spacial score (nSPS) is 11.1. The van der Waals surface area contributed by atoms with Crippen molar-refractivity contribution < 1.29 is 8.42 Å². The average molecular weight is 480 g/mol. The molecule has 3 aromatic carbocycles. The zero-order valence-corrected chi connectivity index (χ0v) is 19.3. The Labute approximate surface area is 191 Å². The zero-order chi connectivity index (χ0) is 21.9. The molecule has 0 aliphatic carbocycles. The Kier molecular flexibility index (Phi) is 6.88. The molecule has 0 unspecified atom stereocenters. The zero-order valence-electron chi connectivity index (χ0n) is 16.2. The molecule has 0 saturated carbocycles. The molecule has 0 spiro atoms. The summed E-state index contributed by atoms with van der Waals surface area (Å²) < 4.78 is 27.6. The Morgan fingerprint density at radius 1 is 0.767 bits per heavy atom. The van der Waals surface area contributed by atoms with Gasteiger partial charge in [0, 0.05) is 11.4 Å². The molecule has 3 rings (SSSR count). The van der Waals surface area contributed by atoms with Gasteiger partial charge in [0.25, 0.3) is 10.0 Å². The molecular formula is C21H19Cl2N3O2S2. The van der Waals surface area contributed by atoms with Crippen LogP contribution in [0.25, 0.3) is 0 Å². The van der Waals surface area contributed by atoms with Crippen molar-refractivity contribution in [2.45, 2.75) is 18.7 Å². The lowest BCUT2D eigenvalue weighted by Crippen LogP contribution is -2.19. The van der Waals surface area contributed by atoms with Crippen molar-refractivity contribution in [3.63, 3.8) is 0 Å². The van der Waals surface area contributed by atoms with E-state index in [2.05, 4.69) is 15.4 Å². The third-order valence-corrected chi connectivity index (χ3v) is 6.70. The minimum atomic E-state index is -3.77. The minimum absolute atomic E-state index is 0.104. The second kappa shape index (κ2) is 9.22. The van der Waals surface area contributed by atoms with Crippen LogP contribution in [0, 0.1) is 13.8 Å². The molecule has 3 aromatic rings. The van der Waals surface area contributed by atoms with Crippen LogP contribution in [0.4, 0.5) is 17.1 Å². The number of thiocarbonyl (C=S) groups is 1. The summed E-state index contributed by atoms with van der Waals surface area (Å²) in [6.07, 6.45) is 0. The number of hydrogen-bond acceptors (Lipinski definition) is 3. The number of sulfonamides is 1. The number of aryl methyl sites for hydroxylation is 2. The molecule has 0 fully saturated rings. The van der Waals surface area contributed by atoms with Crippen LogP contribution in [0.5, 0.6) is 0 Å². The van der Waals surface area contributed by atoms with Gasteiger partial charge in [0.15, 0.2) is 5.11 Å². The van der Waals surface area contributed by atoms with Crippen molar-refractivity contribution >= 4 is 67.6 Å². The lowest BCUT2D eigenvalue weighted by Gasteiger charge is -2.13. The highest BCUT2D eigenvalue weighted by molar-refractivity contribution is 7.92. The van der Waals surface area contributed by atoms with Gasteiger partial charge in [0.1, 0.15) is 0 Å². The molecule has 0 bridgehead atoms. The molecule has 0 aliphatic rings. The summed E-state index contributed by atoms with van der Waals surface area (Å²) in [5.41, 5.74) is 4.22. The third kappa shape index (κ3) is 5.64. The van der Waals surface area contributed by atoms with Crippen molar-refractivity contribution in [3.05, 3.63) is 81.8 Å². The second-order valence-corrected chi connectivity index (χ2v) is 9.54. The van der Waals surface area contributed by atoms with E-state index < -0.39 is 10.0 Å². The van der Waals surface area contributed by atoms with Crippen molar-refractivity contribution in [1.29, 1.82) is 0 Å². The predicted molar refractivity (Wildman–Crippen MR) is 129 cm³/mol. The molecule has 0 radical (unpaired) electrons. The molecule has 0 atom stereocenters. The number of nitrogens with one attached hydrogen (secondary N) is 3. The van der Waals surface area contributed by atoms with Crippen LogP contribution in [0.15, 0.2) is 65.6 Å². The minimum Gasteiger partial charge on any atom is -0.332 e. The van der Waals surface area contributed by atoms with E-state index in [1.807, 2.05) is 32.0 Å². The molecule has 5 nitrogen and oxygen atoms in total. The first kappa shape index (κ1) is 22.4. The van der Waals surface area contributed by atoms with Gasteiger partial charge in [-0.25, -0.2) is 8.42 Å². The van der Waals surface area contributed by atoms with E-state index in [9.17, 15) is 8.42 Å². The van der Waals surface area contributed by atoms with E-state index in [-0.39, 0.29) is 9.92 Å². The standard InChI is InChI=1S/C21H19Cl2N3O2S2/c1-13-3-4-16(11-14(13)2)25-21(29)24-15-5-8-18(9-6-15)30(27,28)26-17-7-10-19(22)20(23)12-17/h3-12,26H,1-2H3,(H2,24,25,29). The maximum atomic E-state index is 12.6. The summed E-state index contributed by atoms with van der Waals surface area (Å²) in [6, 6.07) is 16.7. The summed E-state index contributed by atoms with van der Waals surface area (Å²) in [7, 11) is -3.77. The van der Waals surface area contributed by atoms with Gasteiger partial charge in [-0.15, -0.1) is 0 Å². The molecule has 0 aromatic heterocycles. The first-order chi connectivity index (χ1) is 14.1. The van der Waals surface area contributed by atoms with Gasteiger partial charge < -0.3 is 10.6 Å². The van der Waals surface area contributed by atoms with Crippen molar-refractivity contribution in [1.82, 2.24) is 0 Å². The Balaban J connectivity index is 1.66.